The van der Waals surface area contributed by atoms with E-state index in [1.807, 2.05) is 30.3 Å². The third-order valence-corrected chi connectivity index (χ3v) is 8.73. The fraction of sp³-hybridized carbons (Fsp3) is 0.233. The van der Waals surface area contributed by atoms with Crippen LogP contribution in [0.4, 0.5) is 0 Å². The number of nitrogens with zero attached hydrogens (tertiary/aromatic N) is 1. The van der Waals surface area contributed by atoms with Gasteiger partial charge in [-0.15, -0.1) is 11.8 Å². The fourth-order valence-electron chi connectivity index (χ4n) is 5.05. The van der Waals surface area contributed by atoms with Crippen molar-refractivity contribution < 1.29 is 58.9 Å². The van der Waals surface area contributed by atoms with E-state index in [4.69, 9.17) is 0 Å². The van der Waals surface area contributed by atoms with Gasteiger partial charge in [-0.3, -0.25) is 19.2 Å². The van der Waals surface area contributed by atoms with Crippen molar-refractivity contribution in [3.8, 4) is 5.75 Å². The Morgan fingerprint density at radius 1 is 1.02 bits per heavy atom. The van der Waals surface area contributed by atoms with E-state index in [0.717, 1.165) is 5.56 Å². The second kappa shape index (κ2) is 12.8. The summed E-state index contributed by atoms with van der Waals surface area (Å²) < 4.78 is -0.841. The SMILES string of the molecule is CC1(C)S[C@H]2[C@@H](NC(=O)C(NC(=O)c3ccc(/C=C/c4ccccc4)[nH]c3=O)c3ccc(O)cc3)C(=O)N2[C@H]1C(=O)[O-].[Na+]. The standard InChI is InChI=1S/C30H28N4O7S.Na/c1-30(2)23(29(40)41)34-27(39)22(28(34)42-30)33-26(38)21(17-9-13-19(35)14-10-17)32-25(37)20-15-12-18(31-24(20)36)11-8-16-6-4-3-5-7-16;/h3-15,21-23,28,35H,1-2H3,(H,31,36)(H,32,37)(H,33,38)(H,40,41);/q;+1/p-1/b11-8+;/t21?,22-,23-,28-;/m0./s1. The summed E-state index contributed by atoms with van der Waals surface area (Å²) in [5, 5.41) is 26.0. The smallest absolute Gasteiger partial charge is 0.548 e. The Labute approximate surface area is 273 Å². The molecule has 1 aromatic heterocycles. The average Bonchev–Trinajstić information content (AvgIpc) is 3.22. The molecule has 0 saturated carbocycles. The third kappa shape index (κ3) is 6.57. The number of nitrogens with one attached hydrogen (secondary N) is 3. The zero-order valence-electron chi connectivity index (χ0n) is 23.6. The Morgan fingerprint density at radius 2 is 1.70 bits per heavy atom. The summed E-state index contributed by atoms with van der Waals surface area (Å²) >= 11 is 1.23. The maximum Gasteiger partial charge on any atom is 1.00 e. The molecule has 13 heteroatoms. The molecule has 1 unspecified atom stereocenters. The molecule has 5 rings (SSSR count). The van der Waals surface area contributed by atoms with Crippen molar-refractivity contribution in [2.75, 3.05) is 0 Å². The number of aromatic hydroxyl groups is 1. The summed E-state index contributed by atoms with van der Waals surface area (Å²) in [6.07, 6.45) is 3.50. The second-order valence-electron chi connectivity index (χ2n) is 10.5. The molecule has 0 spiro atoms. The number of carbonyl (C=O) groups is 4. The maximum absolute atomic E-state index is 13.5. The zero-order valence-corrected chi connectivity index (χ0v) is 26.4. The molecule has 2 aromatic carbocycles. The van der Waals surface area contributed by atoms with Crippen LogP contribution in [-0.4, -0.2) is 60.9 Å². The number of amides is 3. The van der Waals surface area contributed by atoms with Gasteiger partial charge >= 0.3 is 29.6 Å². The number of β-lactam (4-membered cyclic amide) rings is 1. The van der Waals surface area contributed by atoms with E-state index in [-0.39, 0.29) is 46.4 Å². The first-order chi connectivity index (χ1) is 20.0. The van der Waals surface area contributed by atoms with E-state index < -0.39 is 57.5 Å². The van der Waals surface area contributed by atoms with Crippen LogP contribution in [0.5, 0.6) is 5.75 Å². The summed E-state index contributed by atoms with van der Waals surface area (Å²) in [6, 6.07) is 14.3. The van der Waals surface area contributed by atoms with Gasteiger partial charge in [0.05, 0.1) is 12.0 Å². The number of carboxylic acids is 1. The number of aromatic amines is 1. The number of aromatic nitrogens is 1. The largest absolute Gasteiger partial charge is 1.00 e. The molecule has 4 N–H and O–H groups in total. The Kier molecular flexibility index (Phi) is 9.55. The van der Waals surface area contributed by atoms with Crippen molar-refractivity contribution >= 4 is 47.6 Å². The molecule has 2 saturated heterocycles. The minimum atomic E-state index is -1.38. The van der Waals surface area contributed by atoms with Gasteiger partial charge in [0.2, 0.25) is 11.8 Å². The van der Waals surface area contributed by atoms with E-state index in [1.54, 1.807) is 32.1 Å². The molecule has 2 fully saturated rings. The quantitative estimate of drug-likeness (QED) is 0.168. The van der Waals surface area contributed by atoms with Crippen LogP contribution in [0.3, 0.4) is 0 Å². The molecule has 43 heavy (non-hydrogen) atoms. The molecule has 0 bridgehead atoms. The maximum atomic E-state index is 13.5. The average molecular weight is 611 g/mol. The van der Waals surface area contributed by atoms with Gasteiger partial charge in [-0.25, -0.2) is 0 Å². The molecule has 2 aliphatic heterocycles. The molecule has 216 valence electrons. The first-order valence-corrected chi connectivity index (χ1v) is 13.9. The number of thioether (sulfide) groups is 1. The fourth-order valence-corrected chi connectivity index (χ4v) is 6.67. The van der Waals surface area contributed by atoms with Crippen LogP contribution in [0.2, 0.25) is 0 Å². The van der Waals surface area contributed by atoms with Crippen LogP contribution in [0.1, 0.15) is 47.1 Å². The predicted octanol–water partition coefficient (Wildman–Crippen LogP) is -1.98. The van der Waals surface area contributed by atoms with Crippen molar-refractivity contribution in [2.24, 2.45) is 0 Å². The number of fused-ring (bicyclic) bond motifs is 1. The number of carbonyl (C=O) groups excluding carboxylic acids is 4. The van der Waals surface area contributed by atoms with Crippen LogP contribution >= 0.6 is 11.8 Å². The Hall–Kier alpha value is -3.84. The molecule has 3 amide bonds. The number of hydrogen-bond donors (Lipinski definition) is 4. The molecular formula is C30H27N4NaO7S. The number of rotatable bonds is 8. The molecule has 2 aliphatic rings. The Balaban J connectivity index is 0.00000423. The van der Waals surface area contributed by atoms with Crippen molar-refractivity contribution in [1.29, 1.82) is 0 Å². The molecular weight excluding hydrogens is 583 g/mol. The number of H-pyrrole nitrogens is 1. The van der Waals surface area contributed by atoms with Gasteiger partial charge in [0.15, 0.2) is 0 Å². The number of phenols is 1. The molecule has 3 heterocycles. The number of benzene rings is 2. The Bertz CT molecular complexity index is 1640. The van der Waals surface area contributed by atoms with Gasteiger partial charge in [-0.1, -0.05) is 48.5 Å². The van der Waals surface area contributed by atoms with Gasteiger partial charge in [-0.2, -0.15) is 0 Å². The third-order valence-electron chi connectivity index (χ3n) is 7.16. The van der Waals surface area contributed by atoms with Crippen LogP contribution in [0.25, 0.3) is 12.2 Å². The first kappa shape index (κ1) is 32.1. The van der Waals surface area contributed by atoms with Crippen LogP contribution in [0, 0.1) is 0 Å². The van der Waals surface area contributed by atoms with E-state index in [9.17, 15) is 34.2 Å². The van der Waals surface area contributed by atoms with Crippen molar-refractivity contribution in [3.63, 3.8) is 0 Å². The summed E-state index contributed by atoms with van der Waals surface area (Å²) in [6.45, 7) is 3.37. The summed E-state index contributed by atoms with van der Waals surface area (Å²) in [7, 11) is 0. The van der Waals surface area contributed by atoms with E-state index in [2.05, 4.69) is 15.6 Å². The molecule has 0 aliphatic carbocycles. The molecule has 3 aromatic rings. The van der Waals surface area contributed by atoms with Gasteiger partial charge in [-0.05, 0) is 55.3 Å². The number of carboxylic acid groups (broad SMARTS) is 1. The van der Waals surface area contributed by atoms with Crippen molar-refractivity contribution in [3.05, 3.63) is 99.5 Å². The summed E-state index contributed by atoms with van der Waals surface area (Å²) in [5.74, 6) is -3.61. The minimum Gasteiger partial charge on any atom is -0.548 e. The van der Waals surface area contributed by atoms with Gasteiger partial charge in [0, 0.05) is 10.4 Å². The number of pyridine rings is 1. The number of hydrogen-bond acceptors (Lipinski definition) is 8. The van der Waals surface area contributed by atoms with Gasteiger partial charge in [0.1, 0.15) is 28.8 Å². The van der Waals surface area contributed by atoms with E-state index >= 15 is 0 Å². The normalized spacial score (nSPS) is 20.8. The predicted molar refractivity (Wildman–Crippen MR) is 154 cm³/mol. The number of aliphatic carboxylic acids is 1. The van der Waals surface area contributed by atoms with Crippen LogP contribution in [0.15, 0.2) is 71.5 Å². The van der Waals surface area contributed by atoms with Crippen molar-refractivity contribution in [2.45, 2.75) is 42.1 Å². The topological polar surface area (TPSA) is 172 Å². The number of phenolic OH excluding ortho intramolecular Hbond substituents is 1. The van der Waals surface area contributed by atoms with Crippen LogP contribution in [-0.2, 0) is 14.4 Å². The van der Waals surface area contributed by atoms with E-state index in [0.29, 0.717) is 5.69 Å². The van der Waals surface area contributed by atoms with Crippen LogP contribution < -0.4 is 50.9 Å². The van der Waals surface area contributed by atoms with Gasteiger partial charge in [0.25, 0.3) is 11.5 Å². The summed E-state index contributed by atoms with van der Waals surface area (Å²) in [4.78, 5) is 67.9. The first-order valence-electron chi connectivity index (χ1n) is 13.0. The summed E-state index contributed by atoms with van der Waals surface area (Å²) in [5.41, 5.74) is 0.765. The monoisotopic (exact) mass is 610 g/mol. The zero-order chi connectivity index (χ0) is 30.2. The van der Waals surface area contributed by atoms with Gasteiger partial charge < -0.3 is 35.5 Å². The minimum absolute atomic E-state index is 0. The van der Waals surface area contributed by atoms with E-state index in [1.165, 1.54) is 47.0 Å². The second-order valence-corrected chi connectivity index (χ2v) is 12.2. The van der Waals surface area contributed by atoms with Crippen molar-refractivity contribution in [1.82, 2.24) is 20.5 Å². The molecule has 11 nitrogen and oxygen atoms in total. The molecule has 4 atom stereocenters. The molecule has 0 radical (unpaired) electrons. The Morgan fingerprint density at radius 3 is 2.33 bits per heavy atom.